The van der Waals surface area contributed by atoms with Crippen LogP contribution >= 0.6 is 0 Å². The molecule has 0 unspecified atom stereocenters. The van der Waals surface area contributed by atoms with Crippen molar-refractivity contribution >= 4 is 5.91 Å². The van der Waals surface area contributed by atoms with Crippen LogP contribution in [0, 0.1) is 28.6 Å². The summed E-state index contributed by atoms with van der Waals surface area (Å²) in [6.07, 6.45) is 11.3. The summed E-state index contributed by atoms with van der Waals surface area (Å²) in [5, 5.41) is 7.79. The fraction of sp³-hybridized carbons (Fsp3) is 0.800. The van der Waals surface area contributed by atoms with Gasteiger partial charge >= 0.3 is 0 Å². The van der Waals surface area contributed by atoms with E-state index in [1.807, 2.05) is 16.9 Å². The van der Waals surface area contributed by atoms with E-state index in [4.69, 9.17) is 0 Å². The molecule has 4 nitrogen and oxygen atoms in total. The first-order chi connectivity index (χ1) is 11.3. The first-order valence-corrected chi connectivity index (χ1v) is 9.62. The highest BCUT2D eigenvalue weighted by Crippen LogP contribution is 2.60. The lowest BCUT2D eigenvalue weighted by Crippen LogP contribution is -2.57. The summed E-state index contributed by atoms with van der Waals surface area (Å²) < 4.78 is 1.94. The van der Waals surface area contributed by atoms with Crippen molar-refractivity contribution < 1.29 is 4.79 Å². The zero-order valence-electron chi connectivity index (χ0n) is 15.3. The van der Waals surface area contributed by atoms with Gasteiger partial charge in [-0.3, -0.25) is 9.48 Å². The number of hydrogen-bond donors (Lipinski definition) is 1. The van der Waals surface area contributed by atoms with Crippen molar-refractivity contribution in [2.24, 2.45) is 28.6 Å². The van der Waals surface area contributed by atoms with E-state index in [2.05, 4.69) is 31.2 Å². The van der Waals surface area contributed by atoms with Gasteiger partial charge in [-0.25, -0.2) is 0 Å². The summed E-state index contributed by atoms with van der Waals surface area (Å²) in [6.45, 7) is 7.37. The minimum atomic E-state index is -0.0671. The Morgan fingerprint density at radius 3 is 2.25 bits per heavy atom. The first-order valence-electron chi connectivity index (χ1n) is 9.62. The summed E-state index contributed by atoms with van der Waals surface area (Å²) in [6, 6.07) is 2.05. The number of nitrogens with one attached hydrogen (secondary N) is 1. The van der Waals surface area contributed by atoms with Crippen molar-refractivity contribution in [3.63, 3.8) is 0 Å². The minimum Gasteiger partial charge on any atom is -0.350 e. The van der Waals surface area contributed by atoms with Gasteiger partial charge in [0.25, 0.3) is 0 Å². The molecule has 0 spiro atoms. The average molecular weight is 329 g/mol. The number of carbonyl (C=O) groups is 1. The topological polar surface area (TPSA) is 46.9 Å². The molecular formula is C20H31N3O. The summed E-state index contributed by atoms with van der Waals surface area (Å²) >= 11 is 0. The van der Waals surface area contributed by atoms with E-state index in [0.717, 1.165) is 43.6 Å². The van der Waals surface area contributed by atoms with Crippen molar-refractivity contribution in [3.8, 4) is 0 Å². The predicted molar refractivity (Wildman–Crippen MR) is 94.2 cm³/mol. The lowest BCUT2D eigenvalue weighted by Gasteiger charge is -2.56. The molecule has 1 aromatic heterocycles. The molecule has 4 aliphatic rings. The Hall–Kier alpha value is -1.32. The standard InChI is InChI=1S/C20H31N3O/c1-19(2,3)17(13-23-6-4-5-21-23)22-18(24)20-10-14-7-15(11-20)9-16(8-14)12-20/h4-6,14-17H,7-13H2,1-3H3,(H,22,24)/t14?,15?,16?,17-,20?/m1/s1. The van der Waals surface area contributed by atoms with Crippen molar-refractivity contribution in [1.29, 1.82) is 0 Å². The highest BCUT2D eigenvalue weighted by atomic mass is 16.2. The van der Waals surface area contributed by atoms with Gasteiger partial charge in [-0.05, 0) is 67.8 Å². The van der Waals surface area contributed by atoms with E-state index < -0.39 is 0 Å². The van der Waals surface area contributed by atoms with Crippen LogP contribution in [0.4, 0.5) is 0 Å². The molecule has 0 radical (unpaired) electrons. The van der Waals surface area contributed by atoms with Crippen LogP contribution in [0.15, 0.2) is 18.5 Å². The molecule has 1 heterocycles. The molecule has 1 amide bonds. The third-order valence-electron chi connectivity index (χ3n) is 6.80. The lowest BCUT2D eigenvalue weighted by atomic mass is 9.49. The van der Waals surface area contributed by atoms with E-state index in [9.17, 15) is 4.79 Å². The normalized spacial score (nSPS) is 35.9. The molecule has 0 aromatic carbocycles. The van der Waals surface area contributed by atoms with Gasteiger partial charge in [-0.1, -0.05) is 20.8 Å². The molecule has 0 saturated heterocycles. The molecule has 5 rings (SSSR count). The molecule has 4 bridgehead atoms. The Bertz CT molecular complexity index is 564. The molecule has 24 heavy (non-hydrogen) atoms. The van der Waals surface area contributed by atoms with Gasteiger partial charge in [0, 0.05) is 17.8 Å². The van der Waals surface area contributed by atoms with Gasteiger partial charge in [0.1, 0.15) is 0 Å². The van der Waals surface area contributed by atoms with Gasteiger partial charge in [0.05, 0.1) is 12.6 Å². The number of rotatable bonds is 4. The smallest absolute Gasteiger partial charge is 0.226 e. The van der Waals surface area contributed by atoms with Gasteiger partial charge in [-0.2, -0.15) is 5.10 Å². The van der Waals surface area contributed by atoms with Crippen molar-refractivity contribution in [2.75, 3.05) is 0 Å². The average Bonchev–Trinajstić information content (AvgIpc) is 2.97. The van der Waals surface area contributed by atoms with Crippen molar-refractivity contribution in [1.82, 2.24) is 15.1 Å². The third kappa shape index (κ3) is 2.89. The Morgan fingerprint density at radius 2 is 1.79 bits per heavy atom. The van der Waals surface area contributed by atoms with Crippen LogP contribution in [-0.4, -0.2) is 21.7 Å². The number of aromatic nitrogens is 2. The van der Waals surface area contributed by atoms with Gasteiger partial charge < -0.3 is 5.32 Å². The molecule has 4 fully saturated rings. The summed E-state index contributed by atoms with van der Waals surface area (Å²) in [5.41, 5.74) is -0.0493. The zero-order chi connectivity index (χ0) is 16.9. The molecule has 1 N–H and O–H groups in total. The number of carbonyl (C=O) groups excluding carboxylic acids is 1. The van der Waals surface area contributed by atoms with E-state index >= 15 is 0 Å². The lowest BCUT2D eigenvalue weighted by molar-refractivity contribution is -0.148. The van der Waals surface area contributed by atoms with E-state index in [1.165, 1.54) is 19.3 Å². The van der Waals surface area contributed by atoms with Crippen LogP contribution < -0.4 is 5.32 Å². The predicted octanol–water partition coefficient (Wildman–Crippen LogP) is 3.63. The van der Waals surface area contributed by atoms with Crippen LogP contribution in [0.2, 0.25) is 0 Å². The van der Waals surface area contributed by atoms with Gasteiger partial charge in [-0.15, -0.1) is 0 Å². The monoisotopic (exact) mass is 329 g/mol. The van der Waals surface area contributed by atoms with Gasteiger partial charge in [0.15, 0.2) is 0 Å². The fourth-order valence-electron chi connectivity index (χ4n) is 5.83. The summed E-state index contributed by atoms with van der Waals surface area (Å²) in [4.78, 5) is 13.3. The largest absolute Gasteiger partial charge is 0.350 e. The molecule has 4 heteroatoms. The zero-order valence-corrected chi connectivity index (χ0v) is 15.3. The molecule has 1 atom stereocenters. The maximum absolute atomic E-state index is 13.3. The maximum Gasteiger partial charge on any atom is 0.226 e. The molecule has 132 valence electrons. The molecule has 0 aliphatic heterocycles. The highest BCUT2D eigenvalue weighted by molar-refractivity contribution is 5.83. The second-order valence-electron chi connectivity index (χ2n) is 9.82. The number of nitrogens with zero attached hydrogens (tertiary/aromatic N) is 2. The second kappa shape index (κ2) is 5.60. The Morgan fingerprint density at radius 1 is 1.21 bits per heavy atom. The second-order valence-corrected chi connectivity index (χ2v) is 9.82. The minimum absolute atomic E-state index is 0.0178. The summed E-state index contributed by atoms with van der Waals surface area (Å²) in [5.74, 6) is 2.75. The van der Waals surface area contributed by atoms with E-state index in [1.54, 1.807) is 6.20 Å². The Labute approximate surface area is 145 Å². The molecule has 1 aromatic rings. The van der Waals surface area contributed by atoms with Crippen LogP contribution in [0.5, 0.6) is 0 Å². The van der Waals surface area contributed by atoms with E-state index in [-0.39, 0.29) is 16.9 Å². The first kappa shape index (κ1) is 16.2. The highest BCUT2D eigenvalue weighted by Gasteiger charge is 2.55. The quantitative estimate of drug-likeness (QED) is 0.917. The molecular weight excluding hydrogens is 298 g/mol. The van der Waals surface area contributed by atoms with Crippen LogP contribution in [0.3, 0.4) is 0 Å². The maximum atomic E-state index is 13.3. The van der Waals surface area contributed by atoms with Crippen LogP contribution in [0.25, 0.3) is 0 Å². The molecule has 4 saturated carbocycles. The number of hydrogen-bond acceptors (Lipinski definition) is 2. The van der Waals surface area contributed by atoms with Crippen molar-refractivity contribution in [3.05, 3.63) is 18.5 Å². The fourth-order valence-corrected chi connectivity index (χ4v) is 5.83. The summed E-state index contributed by atoms with van der Waals surface area (Å²) in [7, 11) is 0. The molecule has 4 aliphatic carbocycles. The van der Waals surface area contributed by atoms with Gasteiger partial charge in [0.2, 0.25) is 5.91 Å². The Balaban J connectivity index is 1.51. The third-order valence-corrected chi connectivity index (χ3v) is 6.80. The van der Waals surface area contributed by atoms with E-state index in [0.29, 0.717) is 5.91 Å². The van der Waals surface area contributed by atoms with Crippen molar-refractivity contribution in [2.45, 2.75) is 71.9 Å². The SMILES string of the molecule is CC(C)(C)[C@@H](Cn1cccn1)NC(=O)C12CC3CC(CC(C3)C1)C2. The van der Waals surface area contributed by atoms with Crippen LogP contribution in [0.1, 0.15) is 59.3 Å². The van der Waals surface area contributed by atoms with Crippen LogP contribution in [-0.2, 0) is 11.3 Å². The Kier molecular flexibility index (Phi) is 3.77. The number of amides is 1.